The highest BCUT2D eigenvalue weighted by molar-refractivity contribution is 5.21. The molecule has 2 aromatic rings. The summed E-state index contributed by atoms with van der Waals surface area (Å²) in [5.74, 6) is -0.226. The molecule has 0 spiro atoms. The summed E-state index contributed by atoms with van der Waals surface area (Å²) in [5.41, 5.74) is 1.78. The number of allylic oxidation sites excluding steroid dienone is 1. The molecule has 0 atom stereocenters. The summed E-state index contributed by atoms with van der Waals surface area (Å²) in [4.78, 5) is 18.0. The van der Waals surface area contributed by atoms with E-state index in [0.29, 0.717) is 13.1 Å². The maximum atomic E-state index is 11.7. The van der Waals surface area contributed by atoms with Gasteiger partial charge in [-0.2, -0.15) is 0 Å². The minimum Gasteiger partial charge on any atom is -0.503 e. The van der Waals surface area contributed by atoms with Gasteiger partial charge in [0.25, 0.3) is 0 Å². The smallest absolute Gasteiger partial charge is 0.223 e. The van der Waals surface area contributed by atoms with Crippen LogP contribution in [-0.4, -0.2) is 32.6 Å². The number of pyridine rings is 2. The lowest BCUT2D eigenvalue weighted by Crippen LogP contribution is -2.28. The van der Waals surface area contributed by atoms with Crippen LogP contribution in [0.2, 0.25) is 0 Å². The first-order chi connectivity index (χ1) is 11.1. The van der Waals surface area contributed by atoms with E-state index in [2.05, 4.69) is 23.4 Å². The molecule has 2 rings (SSSR count). The first kappa shape index (κ1) is 17.0. The van der Waals surface area contributed by atoms with Crippen LogP contribution >= 0.6 is 0 Å². The largest absolute Gasteiger partial charge is 0.503 e. The second kappa shape index (κ2) is 8.29. The molecule has 0 aromatic carbocycles. The first-order valence-corrected chi connectivity index (χ1v) is 7.78. The van der Waals surface area contributed by atoms with Crippen molar-refractivity contribution in [2.45, 2.75) is 26.4 Å². The van der Waals surface area contributed by atoms with Crippen LogP contribution in [-0.2, 0) is 19.5 Å². The summed E-state index contributed by atoms with van der Waals surface area (Å²) in [6.07, 6.45) is 7.76. The Balaban J connectivity index is 2.10. The van der Waals surface area contributed by atoms with Crippen molar-refractivity contribution in [1.29, 1.82) is 0 Å². The lowest BCUT2D eigenvalue weighted by molar-refractivity contribution is 0.275. The van der Waals surface area contributed by atoms with Crippen LogP contribution in [0.15, 0.2) is 54.2 Å². The van der Waals surface area contributed by atoms with E-state index in [0.717, 1.165) is 25.2 Å². The highest BCUT2D eigenvalue weighted by Crippen LogP contribution is 2.10. The summed E-state index contributed by atoms with van der Waals surface area (Å²) in [6.45, 7) is 8.82. The predicted octanol–water partition coefficient (Wildman–Crippen LogP) is 2.20. The highest BCUT2D eigenvalue weighted by atomic mass is 16.3. The molecule has 0 unspecified atom stereocenters. The molecule has 0 radical (unpaired) electrons. The lowest BCUT2D eigenvalue weighted by Gasteiger charge is -2.22. The van der Waals surface area contributed by atoms with Crippen molar-refractivity contribution in [2.75, 3.05) is 13.1 Å². The van der Waals surface area contributed by atoms with Crippen LogP contribution in [0.3, 0.4) is 0 Å². The molecule has 1 N–H and O–H groups in total. The molecule has 0 aliphatic heterocycles. The number of aromatic hydroxyl groups is 1. The van der Waals surface area contributed by atoms with Crippen molar-refractivity contribution < 1.29 is 5.11 Å². The second-order valence-corrected chi connectivity index (χ2v) is 5.43. The summed E-state index contributed by atoms with van der Waals surface area (Å²) >= 11 is 0. The standard InChI is InChI=1S/C18H23N3O2/c1-3-10-21-14-18(23)17(22)12-16(21)13-20(4-2)11-7-15-5-8-19-9-6-15/h3,5-6,8-9,12,14,23H,1,4,7,10-11,13H2,2H3. The topological polar surface area (TPSA) is 58.4 Å². The number of hydrogen-bond donors (Lipinski definition) is 1. The zero-order valence-corrected chi connectivity index (χ0v) is 13.5. The van der Waals surface area contributed by atoms with Crippen molar-refractivity contribution in [3.63, 3.8) is 0 Å². The van der Waals surface area contributed by atoms with E-state index in [9.17, 15) is 9.90 Å². The van der Waals surface area contributed by atoms with Gasteiger partial charge in [0.15, 0.2) is 5.75 Å². The number of rotatable bonds is 8. The fourth-order valence-corrected chi connectivity index (χ4v) is 2.46. The Hall–Kier alpha value is -2.40. The van der Waals surface area contributed by atoms with Gasteiger partial charge in [0.05, 0.1) is 6.20 Å². The van der Waals surface area contributed by atoms with Crippen LogP contribution in [0.4, 0.5) is 0 Å². The molecule has 2 heterocycles. The SMILES string of the molecule is C=CCn1cc(O)c(=O)cc1CN(CC)CCc1ccncc1. The van der Waals surface area contributed by atoms with Gasteiger partial charge in [-0.15, -0.1) is 6.58 Å². The average molecular weight is 313 g/mol. The van der Waals surface area contributed by atoms with Gasteiger partial charge in [0.2, 0.25) is 5.43 Å². The molecule has 5 nitrogen and oxygen atoms in total. The molecule has 5 heteroatoms. The summed E-state index contributed by atoms with van der Waals surface area (Å²) in [5, 5.41) is 9.61. The number of hydrogen-bond acceptors (Lipinski definition) is 4. The van der Waals surface area contributed by atoms with Crippen LogP contribution in [0, 0.1) is 0 Å². The van der Waals surface area contributed by atoms with Crippen molar-refractivity contribution in [3.8, 4) is 5.75 Å². The summed E-state index contributed by atoms with van der Waals surface area (Å²) in [6, 6.07) is 5.54. The van der Waals surface area contributed by atoms with E-state index >= 15 is 0 Å². The third kappa shape index (κ3) is 4.79. The molecule has 0 saturated heterocycles. The van der Waals surface area contributed by atoms with Crippen LogP contribution in [0.1, 0.15) is 18.2 Å². The monoisotopic (exact) mass is 313 g/mol. The van der Waals surface area contributed by atoms with Gasteiger partial charge in [-0.05, 0) is 30.7 Å². The molecule has 122 valence electrons. The Labute approximate surface area is 136 Å². The number of nitrogens with zero attached hydrogens (tertiary/aromatic N) is 3. The van der Waals surface area contributed by atoms with Gasteiger partial charge in [-0.25, -0.2) is 0 Å². The zero-order valence-electron chi connectivity index (χ0n) is 13.5. The molecule has 0 amide bonds. The molecule has 0 fully saturated rings. The quantitative estimate of drug-likeness (QED) is 0.759. The molecule has 0 aliphatic rings. The molecular weight excluding hydrogens is 290 g/mol. The molecular formula is C18H23N3O2. The summed E-state index contributed by atoms with van der Waals surface area (Å²) in [7, 11) is 0. The Bertz CT molecular complexity index is 695. The van der Waals surface area contributed by atoms with Crippen molar-refractivity contribution in [2.24, 2.45) is 0 Å². The van der Waals surface area contributed by atoms with Crippen LogP contribution < -0.4 is 5.43 Å². The van der Waals surface area contributed by atoms with Gasteiger partial charge < -0.3 is 9.67 Å². The van der Waals surface area contributed by atoms with Crippen molar-refractivity contribution >= 4 is 0 Å². The van der Waals surface area contributed by atoms with Gasteiger partial charge in [0.1, 0.15) is 0 Å². The molecule has 0 saturated carbocycles. The fourth-order valence-electron chi connectivity index (χ4n) is 2.46. The van der Waals surface area contributed by atoms with Gasteiger partial charge in [0, 0.05) is 43.8 Å². The van der Waals surface area contributed by atoms with Gasteiger partial charge >= 0.3 is 0 Å². The molecule has 2 aromatic heterocycles. The predicted molar refractivity (Wildman–Crippen MR) is 91.5 cm³/mol. The Kier molecular flexibility index (Phi) is 6.11. The lowest BCUT2D eigenvalue weighted by atomic mass is 10.2. The van der Waals surface area contributed by atoms with E-state index in [1.807, 2.05) is 16.7 Å². The highest BCUT2D eigenvalue weighted by Gasteiger charge is 2.10. The minimum absolute atomic E-state index is 0.226. The van der Waals surface area contributed by atoms with E-state index in [4.69, 9.17) is 0 Å². The Morgan fingerprint density at radius 3 is 2.78 bits per heavy atom. The number of aromatic nitrogens is 2. The van der Waals surface area contributed by atoms with E-state index < -0.39 is 0 Å². The third-order valence-corrected chi connectivity index (χ3v) is 3.82. The Morgan fingerprint density at radius 2 is 2.13 bits per heavy atom. The maximum Gasteiger partial charge on any atom is 0.223 e. The number of likely N-dealkylation sites (N-methyl/N-ethyl adjacent to an activating group) is 1. The fraction of sp³-hybridized carbons (Fsp3) is 0.333. The maximum absolute atomic E-state index is 11.7. The van der Waals surface area contributed by atoms with E-state index in [-0.39, 0.29) is 11.2 Å². The first-order valence-electron chi connectivity index (χ1n) is 7.78. The Morgan fingerprint density at radius 1 is 1.39 bits per heavy atom. The van der Waals surface area contributed by atoms with Crippen molar-refractivity contribution in [3.05, 3.63) is 70.9 Å². The zero-order chi connectivity index (χ0) is 16.7. The van der Waals surface area contributed by atoms with Gasteiger partial charge in [-0.1, -0.05) is 13.0 Å². The molecule has 0 bridgehead atoms. The second-order valence-electron chi connectivity index (χ2n) is 5.43. The minimum atomic E-state index is -0.342. The molecule has 0 aliphatic carbocycles. The van der Waals surface area contributed by atoms with Gasteiger partial charge in [-0.3, -0.25) is 14.7 Å². The summed E-state index contributed by atoms with van der Waals surface area (Å²) < 4.78 is 1.86. The van der Waals surface area contributed by atoms with E-state index in [1.54, 1.807) is 18.5 Å². The van der Waals surface area contributed by atoms with E-state index in [1.165, 1.54) is 17.8 Å². The van der Waals surface area contributed by atoms with Crippen molar-refractivity contribution in [1.82, 2.24) is 14.5 Å². The van der Waals surface area contributed by atoms with Crippen LogP contribution in [0.5, 0.6) is 5.75 Å². The molecule has 23 heavy (non-hydrogen) atoms. The van der Waals surface area contributed by atoms with Crippen LogP contribution in [0.25, 0.3) is 0 Å². The third-order valence-electron chi connectivity index (χ3n) is 3.82. The normalized spacial score (nSPS) is 10.9. The average Bonchev–Trinajstić information content (AvgIpc) is 2.57.